The first-order valence-corrected chi connectivity index (χ1v) is 16.9. The van der Waals surface area contributed by atoms with Gasteiger partial charge in [0, 0.05) is 12.8 Å². The Hall–Kier alpha value is -1.14. The van der Waals surface area contributed by atoms with Crippen LogP contribution < -0.4 is 0 Å². The lowest BCUT2D eigenvalue weighted by atomic mass is 10.1. The van der Waals surface area contributed by atoms with E-state index in [4.69, 9.17) is 10.2 Å². The Morgan fingerprint density at radius 3 is 1.19 bits per heavy atom. The Kier molecular flexibility index (Phi) is 23.0. The zero-order valence-corrected chi connectivity index (χ0v) is 24.7. The van der Waals surface area contributed by atoms with Crippen LogP contribution in [0.4, 0.5) is 0 Å². The number of thioether (sulfide) groups is 2. The summed E-state index contributed by atoms with van der Waals surface area (Å²) in [5, 5.41) is 17.3. The van der Waals surface area contributed by atoms with E-state index in [-0.39, 0.29) is 0 Å². The van der Waals surface area contributed by atoms with Gasteiger partial charge in [0.25, 0.3) is 0 Å². The largest absolute Gasteiger partial charge is 0.481 e. The molecule has 0 aliphatic rings. The highest BCUT2D eigenvalue weighted by molar-refractivity contribution is 8.16. The topological polar surface area (TPSA) is 74.6 Å². The summed E-state index contributed by atoms with van der Waals surface area (Å²) < 4.78 is 0.540. The molecule has 1 aromatic rings. The second-order valence-corrected chi connectivity index (χ2v) is 12.9. The molecule has 0 amide bonds. The van der Waals surface area contributed by atoms with E-state index in [0.717, 1.165) is 25.7 Å². The number of hydrogen-bond acceptors (Lipinski definition) is 4. The number of aliphatic carboxylic acids is 2. The summed E-state index contributed by atoms with van der Waals surface area (Å²) in [6, 6.07) is 11.0. The highest BCUT2D eigenvalue weighted by atomic mass is 32.2. The Bertz CT molecular complexity index is 630. The molecule has 0 spiro atoms. The number of rotatable bonds is 27. The van der Waals surface area contributed by atoms with Crippen LogP contribution in [0.25, 0.3) is 0 Å². The van der Waals surface area contributed by atoms with Crippen LogP contribution in [-0.4, -0.2) is 33.7 Å². The SMILES string of the molecule is O=C(O)CCCCCCCCCCCSC(SCCCCCCCCCCCC(=O)O)c1ccccc1. The second kappa shape index (κ2) is 25.2. The van der Waals surface area contributed by atoms with Gasteiger partial charge in [-0.2, -0.15) is 0 Å². The Labute approximate surface area is 235 Å². The molecule has 0 aliphatic heterocycles. The molecule has 1 rings (SSSR count). The van der Waals surface area contributed by atoms with Crippen LogP contribution in [0, 0.1) is 0 Å². The van der Waals surface area contributed by atoms with Crippen molar-refractivity contribution >= 4 is 35.5 Å². The summed E-state index contributed by atoms with van der Waals surface area (Å²) in [4.78, 5) is 21.0. The summed E-state index contributed by atoms with van der Waals surface area (Å²) in [6.45, 7) is 0. The molecule has 0 aliphatic carbocycles. The average molecular weight is 553 g/mol. The molecule has 0 saturated heterocycles. The molecule has 37 heavy (non-hydrogen) atoms. The Balaban J connectivity index is 2.04. The van der Waals surface area contributed by atoms with Crippen molar-refractivity contribution in [3.63, 3.8) is 0 Å². The number of carboxylic acid groups (broad SMARTS) is 2. The molecule has 0 heterocycles. The fourth-order valence-corrected chi connectivity index (χ4v) is 7.29. The lowest BCUT2D eigenvalue weighted by molar-refractivity contribution is -0.138. The molecular formula is C31H52O4S2. The standard InChI is InChI=1S/C31H52O4S2/c32-29(33)24-18-11-7-3-1-5-9-13-20-26-36-31(28-22-16-15-17-23-28)37-27-21-14-10-6-2-4-8-12-19-25-30(34)35/h15-17,22-23,31H,1-14,18-21,24-27H2,(H,32,33)(H,34,35). The van der Waals surface area contributed by atoms with E-state index in [2.05, 4.69) is 53.9 Å². The third-order valence-electron chi connectivity index (χ3n) is 6.68. The first kappa shape index (κ1) is 33.9. The number of carboxylic acids is 2. The van der Waals surface area contributed by atoms with Gasteiger partial charge < -0.3 is 10.2 Å². The molecule has 4 nitrogen and oxygen atoms in total. The molecule has 6 heteroatoms. The van der Waals surface area contributed by atoms with Gasteiger partial charge in [-0.3, -0.25) is 9.59 Å². The van der Waals surface area contributed by atoms with Crippen molar-refractivity contribution < 1.29 is 19.8 Å². The van der Waals surface area contributed by atoms with E-state index in [1.54, 1.807) is 0 Å². The van der Waals surface area contributed by atoms with Crippen molar-refractivity contribution in [2.45, 2.75) is 133 Å². The van der Waals surface area contributed by atoms with Gasteiger partial charge >= 0.3 is 11.9 Å². The van der Waals surface area contributed by atoms with Crippen LogP contribution in [0.1, 0.15) is 139 Å². The van der Waals surface area contributed by atoms with E-state index in [1.165, 1.54) is 107 Å². The highest BCUT2D eigenvalue weighted by Crippen LogP contribution is 2.40. The van der Waals surface area contributed by atoms with Gasteiger partial charge in [0.1, 0.15) is 0 Å². The van der Waals surface area contributed by atoms with E-state index >= 15 is 0 Å². The fourth-order valence-electron chi connectivity index (χ4n) is 4.46. The molecule has 2 N–H and O–H groups in total. The molecule has 0 atom stereocenters. The molecular weight excluding hydrogens is 500 g/mol. The summed E-state index contributed by atoms with van der Waals surface area (Å²) in [6.07, 6.45) is 22.3. The molecule has 0 saturated carbocycles. The van der Waals surface area contributed by atoms with Crippen molar-refractivity contribution in [1.29, 1.82) is 0 Å². The van der Waals surface area contributed by atoms with Crippen molar-refractivity contribution in [3.05, 3.63) is 35.9 Å². The van der Waals surface area contributed by atoms with Gasteiger partial charge in [-0.05, 0) is 42.8 Å². The molecule has 0 fully saturated rings. The molecule has 0 bridgehead atoms. The van der Waals surface area contributed by atoms with Crippen LogP contribution in [0.3, 0.4) is 0 Å². The number of carbonyl (C=O) groups is 2. The third kappa shape index (κ3) is 22.5. The minimum absolute atomic E-state index is 0.319. The Morgan fingerprint density at radius 2 is 0.838 bits per heavy atom. The van der Waals surface area contributed by atoms with E-state index < -0.39 is 11.9 Å². The van der Waals surface area contributed by atoms with Gasteiger partial charge in [0.15, 0.2) is 0 Å². The lowest BCUT2D eigenvalue weighted by Crippen LogP contribution is -1.94. The van der Waals surface area contributed by atoms with E-state index in [0.29, 0.717) is 17.4 Å². The first-order chi connectivity index (χ1) is 18.1. The normalized spacial score (nSPS) is 11.3. The number of unbranched alkanes of at least 4 members (excludes halogenated alkanes) is 16. The first-order valence-electron chi connectivity index (χ1n) is 14.8. The zero-order valence-electron chi connectivity index (χ0n) is 23.0. The molecule has 0 unspecified atom stereocenters. The number of hydrogen-bond donors (Lipinski definition) is 2. The van der Waals surface area contributed by atoms with Crippen molar-refractivity contribution in [2.24, 2.45) is 0 Å². The second-order valence-electron chi connectivity index (χ2n) is 10.1. The smallest absolute Gasteiger partial charge is 0.303 e. The zero-order chi connectivity index (χ0) is 26.8. The summed E-state index contributed by atoms with van der Waals surface area (Å²) in [5.74, 6) is 1.12. The van der Waals surface area contributed by atoms with Crippen LogP contribution in [0.2, 0.25) is 0 Å². The minimum Gasteiger partial charge on any atom is -0.481 e. The molecule has 1 aromatic carbocycles. The van der Waals surface area contributed by atoms with Crippen molar-refractivity contribution in [1.82, 2.24) is 0 Å². The fraction of sp³-hybridized carbons (Fsp3) is 0.742. The van der Waals surface area contributed by atoms with E-state index in [9.17, 15) is 9.59 Å². The molecule has 0 radical (unpaired) electrons. The van der Waals surface area contributed by atoms with Crippen LogP contribution in [0.5, 0.6) is 0 Å². The van der Waals surface area contributed by atoms with Crippen molar-refractivity contribution in [3.8, 4) is 0 Å². The molecule has 0 aromatic heterocycles. The number of benzene rings is 1. The van der Waals surface area contributed by atoms with E-state index in [1.807, 2.05) is 0 Å². The summed E-state index contributed by atoms with van der Waals surface area (Å²) >= 11 is 4.23. The van der Waals surface area contributed by atoms with Crippen molar-refractivity contribution in [2.75, 3.05) is 11.5 Å². The van der Waals surface area contributed by atoms with Gasteiger partial charge in [0.05, 0.1) is 4.58 Å². The van der Waals surface area contributed by atoms with Gasteiger partial charge in [-0.25, -0.2) is 0 Å². The predicted octanol–water partition coefficient (Wildman–Crippen LogP) is 10.1. The summed E-state index contributed by atoms with van der Waals surface area (Å²) in [7, 11) is 0. The molecule has 212 valence electrons. The van der Waals surface area contributed by atoms with Gasteiger partial charge in [-0.15, -0.1) is 23.5 Å². The minimum atomic E-state index is -0.670. The highest BCUT2D eigenvalue weighted by Gasteiger charge is 2.12. The monoisotopic (exact) mass is 552 g/mol. The van der Waals surface area contributed by atoms with Crippen LogP contribution in [0.15, 0.2) is 30.3 Å². The van der Waals surface area contributed by atoms with Gasteiger partial charge in [0.2, 0.25) is 0 Å². The van der Waals surface area contributed by atoms with Crippen LogP contribution in [-0.2, 0) is 9.59 Å². The van der Waals surface area contributed by atoms with Crippen LogP contribution >= 0.6 is 23.5 Å². The maximum Gasteiger partial charge on any atom is 0.303 e. The van der Waals surface area contributed by atoms with Gasteiger partial charge in [-0.1, -0.05) is 120 Å². The lowest BCUT2D eigenvalue weighted by Gasteiger charge is -2.17. The third-order valence-corrected chi connectivity index (χ3v) is 9.70. The average Bonchev–Trinajstić information content (AvgIpc) is 2.88. The Morgan fingerprint density at radius 1 is 0.514 bits per heavy atom. The quantitative estimate of drug-likeness (QED) is 0.0835. The maximum atomic E-state index is 10.5. The summed E-state index contributed by atoms with van der Waals surface area (Å²) in [5.41, 5.74) is 1.45. The maximum absolute atomic E-state index is 10.5. The predicted molar refractivity (Wildman–Crippen MR) is 162 cm³/mol.